The van der Waals surface area contributed by atoms with Crippen LogP contribution in [0.25, 0.3) is 0 Å². The average Bonchev–Trinajstić information content (AvgIpc) is 2.51. The molecule has 1 rings (SSSR count). The van der Waals surface area contributed by atoms with E-state index in [9.17, 15) is 9.59 Å². The van der Waals surface area contributed by atoms with E-state index in [1.54, 1.807) is 19.9 Å². The number of carbonyl (C=O) groups excluding carboxylic acids is 1. The molecule has 1 heterocycles. The number of Topliss-reactive ketones (excluding diaryl/α,β-unsaturated/α-hetero) is 1. The van der Waals surface area contributed by atoms with Crippen LogP contribution >= 0.6 is 0 Å². The molecule has 0 spiro atoms. The van der Waals surface area contributed by atoms with Crippen molar-refractivity contribution in [2.45, 2.75) is 20.3 Å². The summed E-state index contributed by atoms with van der Waals surface area (Å²) in [5.74, 6) is -1.07. The van der Waals surface area contributed by atoms with Crippen molar-refractivity contribution in [3.63, 3.8) is 0 Å². The highest BCUT2D eigenvalue weighted by molar-refractivity contribution is 5.99. The van der Waals surface area contributed by atoms with Crippen molar-refractivity contribution in [2.75, 3.05) is 0 Å². The summed E-state index contributed by atoms with van der Waals surface area (Å²) in [5, 5.41) is 8.61. The van der Waals surface area contributed by atoms with Gasteiger partial charge in [-0.25, -0.2) is 0 Å². The van der Waals surface area contributed by atoms with Crippen molar-refractivity contribution in [1.29, 1.82) is 0 Å². The van der Waals surface area contributed by atoms with E-state index in [-0.39, 0.29) is 18.0 Å². The summed E-state index contributed by atoms with van der Waals surface area (Å²) in [6, 6.07) is 3.13. The van der Waals surface area contributed by atoms with E-state index >= 15 is 0 Å². The van der Waals surface area contributed by atoms with Gasteiger partial charge < -0.3 is 9.52 Å². The molecular formula is C10H12O4. The van der Waals surface area contributed by atoms with Gasteiger partial charge in [0, 0.05) is 5.41 Å². The molecule has 0 saturated heterocycles. The molecule has 0 aliphatic rings. The van der Waals surface area contributed by atoms with Gasteiger partial charge in [-0.2, -0.15) is 0 Å². The van der Waals surface area contributed by atoms with Crippen LogP contribution in [-0.2, 0) is 4.79 Å². The van der Waals surface area contributed by atoms with Gasteiger partial charge in [-0.15, -0.1) is 0 Å². The fourth-order valence-electron chi connectivity index (χ4n) is 1.20. The van der Waals surface area contributed by atoms with E-state index in [0.717, 1.165) is 0 Å². The van der Waals surface area contributed by atoms with Crippen molar-refractivity contribution in [1.82, 2.24) is 0 Å². The fraction of sp³-hybridized carbons (Fsp3) is 0.400. The van der Waals surface area contributed by atoms with Crippen LogP contribution in [-0.4, -0.2) is 16.9 Å². The van der Waals surface area contributed by atoms with Gasteiger partial charge in [0.2, 0.25) is 5.78 Å². The van der Waals surface area contributed by atoms with Crippen LogP contribution in [0.4, 0.5) is 0 Å². The second kappa shape index (κ2) is 3.65. The van der Waals surface area contributed by atoms with Crippen molar-refractivity contribution in [2.24, 2.45) is 5.41 Å². The van der Waals surface area contributed by atoms with Gasteiger partial charge in [0.25, 0.3) is 0 Å². The number of furan rings is 1. The summed E-state index contributed by atoms with van der Waals surface area (Å²) in [6.45, 7) is 3.18. The highest BCUT2D eigenvalue weighted by Crippen LogP contribution is 2.26. The number of carboxylic acid groups (broad SMARTS) is 1. The summed E-state index contributed by atoms with van der Waals surface area (Å²) in [7, 11) is 0. The number of hydrogen-bond donors (Lipinski definition) is 1. The molecule has 0 aliphatic heterocycles. The molecule has 0 aliphatic carbocycles. The Bertz CT molecular complexity index is 335. The minimum atomic E-state index is -0.991. The number of carboxylic acids is 1. The van der Waals surface area contributed by atoms with Crippen LogP contribution in [0.1, 0.15) is 30.8 Å². The smallest absolute Gasteiger partial charge is 0.304 e. The maximum absolute atomic E-state index is 11.7. The molecule has 0 atom stereocenters. The predicted octanol–water partition coefficient (Wildman–Crippen LogP) is 1.96. The lowest BCUT2D eigenvalue weighted by molar-refractivity contribution is -0.138. The second-order valence-electron chi connectivity index (χ2n) is 3.76. The third kappa shape index (κ3) is 2.22. The van der Waals surface area contributed by atoms with Crippen LogP contribution in [0.3, 0.4) is 0 Å². The lowest BCUT2D eigenvalue weighted by Crippen LogP contribution is -2.27. The Morgan fingerprint density at radius 2 is 2.14 bits per heavy atom. The first-order valence-electron chi connectivity index (χ1n) is 4.23. The Morgan fingerprint density at radius 3 is 2.57 bits per heavy atom. The molecule has 4 nitrogen and oxygen atoms in total. The lowest BCUT2D eigenvalue weighted by Gasteiger charge is -2.18. The molecule has 0 unspecified atom stereocenters. The van der Waals surface area contributed by atoms with Crippen LogP contribution < -0.4 is 0 Å². The first-order valence-corrected chi connectivity index (χ1v) is 4.23. The molecule has 0 bridgehead atoms. The maximum atomic E-state index is 11.7. The molecule has 4 heteroatoms. The molecular weight excluding hydrogens is 184 g/mol. The average molecular weight is 196 g/mol. The third-order valence-corrected chi connectivity index (χ3v) is 1.95. The van der Waals surface area contributed by atoms with E-state index in [4.69, 9.17) is 9.52 Å². The van der Waals surface area contributed by atoms with Crippen molar-refractivity contribution >= 4 is 11.8 Å². The van der Waals surface area contributed by atoms with Gasteiger partial charge in [-0.1, -0.05) is 13.8 Å². The molecule has 76 valence electrons. The Balaban J connectivity index is 2.83. The SMILES string of the molecule is CC(C)(CC(=O)O)C(=O)c1ccco1. The van der Waals surface area contributed by atoms with Gasteiger partial charge in [0.1, 0.15) is 0 Å². The molecule has 0 fully saturated rings. The van der Waals surface area contributed by atoms with Gasteiger partial charge in [0.05, 0.1) is 12.7 Å². The predicted molar refractivity (Wildman–Crippen MR) is 49.1 cm³/mol. The van der Waals surface area contributed by atoms with Crippen LogP contribution in [0.5, 0.6) is 0 Å². The summed E-state index contributed by atoms with van der Waals surface area (Å²) in [4.78, 5) is 22.2. The van der Waals surface area contributed by atoms with E-state index in [0.29, 0.717) is 0 Å². The molecule has 0 amide bonds. The number of aliphatic carboxylic acids is 1. The largest absolute Gasteiger partial charge is 0.481 e. The van der Waals surface area contributed by atoms with Crippen LogP contribution in [0.2, 0.25) is 0 Å². The molecule has 1 aromatic rings. The Labute approximate surface area is 81.5 Å². The highest BCUT2D eigenvalue weighted by Gasteiger charge is 2.32. The molecule has 0 radical (unpaired) electrons. The zero-order valence-corrected chi connectivity index (χ0v) is 8.11. The van der Waals surface area contributed by atoms with Gasteiger partial charge in [-0.05, 0) is 12.1 Å². The van der Waals surface area contributed by atoms with E-state index in [1.807, 2.05) is 0 Å². The minimum Gasteiger partial charge on any atom is -0.481 e. The summed E-state index contributed by atoms with van der Waals surface area (Å²) in [6.07, 6.45) is 1.19. The van der Waals surface area contributed by atoms with E-state index < -0.39 is 11.4 Å². The van der Waals surface area contributed by atoms with Crippen molar-refractivity contribution < 1.29 is 19.1 Å². The van der Waals surface area contributed by atoms with Gasteiger partial charge in [-0.3, -0.25) is 9.59 Å². The molecule has 0 saturated carbocycles. The van der Waals surface area contributed by atoms with E-state index in [1.165, 1.54) is 12.3 Å². The zero-order valence-electron chi connectivity index (χ0n) is 8.11. The number of rotatable bonds is 4. The molecule has 0 aromatic carbocycles. The molecule has 1 aromatic heterocycles. The van der Waals surface area contributed by atoms with Crippen molar-refractivity contribution in [3.8, 4) is 0 Å². The molecule has 1 N–H and O–H groups in total. The maximum Gasteiger partial charge on any atom is 0.304 e. The monoisotopic (exact) mass is 196 g/mol. The number of carbonyl (C=O) groups is 2. The third-order valence-electron chi connectivity index (χ3n) is 1.95. The van der Waals surface area contributed by atoms with Crippen LogP contribution in [0, 0.1) is 5.41 Å². The second-order valence-corrected chi connectivity index (χ2v) is 3.76. The first kappa shape index (κ1) is 10.5. The summed E-state index contributed by atoms with van der Waals surface area (Å²) in [5.41, 5.74) is -0.927. The topological polar surface area (TPSA) is 67.5 Å². The summed E-state index contributed by atoms with van der Waals surface area (Å²) < 4.78 is 4.92. The quantitative estimate of drug-likeness (QED) is 0.747. The zero-order chi connectivity index (χ0) is 10.8. The molecule has 14 heavy (non-hydrogen) atoms. The normalized spacial score (nSPS) is 11.3. The number of hydrogen-bond acceptors (Lipinski definition) is 3. The summed E-state index contributed by atoms with van der Waals surface area (Å²) >= 11 is 0. The standard InChI is InChI=1S/C10H12O4/c1-10(2,6-8(11)12)9(13)7-4-3-5-14-7/h3-5H,6H2,1-2H3,(H,11,12). The van der Waals surface area contributed by atoms with Crippen LogP contribution in [0.15, 0.2) is 22.8 Å². The van der Waals surface area contributed by atoms with Gasteiger partial charge >= 0.3 is 5.97 Å². The Kier molecular flexibility index (Phi) is 2.74. The lowest BCUT2D eigenvalue weighted by atomic mass is 9.83. The first-order chi connectivity index (χ1) is 6.43. The van der Waals surface area contributed by atoms with Crippen molar-refractivity contribution in [3.05, 3.63) is 24.2 Å². The van der Waals surface area contributed by atoms with Gasteiger partial charge in [0.15, 0.2) is 5.76 Å². The Hall–Kier alpha value is -1.58. The minimum absolute atomic E-state index is 0.202. The fourth-order valence-corrected chi connectivity index (χ4v) is 1.20. The highest BCUT2D eigenvalue weighted by atomic mass is 16.4. The Morgan fingerprint density at radius 1 is 1.50 bits per heavy atom. The van der Waals surface area contributed by atoms with E-state index in [2.05, 4.69) is 0 Å². The number of ketones is 1.